The zero-order valence-corrected chi connectivity index (χ0v) is 13.5. The lowest BCUT2D eigenvalue weighted by Crippen LogP contribution is -2.43. The number of amides is 1. The van der Waals surface area contributed by atoms with Gasteiger partial charge in [-0.1, -0.05) is 12.8 Å². The first-order valence-corrected chi connectivity index (χ1v) is 8.53. The van der Waals surface area contributed by atoms with Gasteiger partial charge < -0.3 is 15.1 Å². The summed E-state index contributed by atoms with van der Waals surface area (Å²) in [5.41, 5.74) is 1.49. The van der Waals surface area contributed by atoms with Crippen LogP contribution in [0.2, 0.25) is 0 Å². The van der Waals surface area contributed by atoms with Crippen molar-refractivity contribution in [1.29, 1.82) is 0 Å². The van der Waals surface area contributed by atoms with Gasteiger partial charge in [-0.3, -0.25) is 14.4 Å². The van der Waals surface area contributed by atoms with Gasteiger partial charge in [-0.2, -0.15) is 5.10 Å². The SMILES string of the molecule is O=C(CN1CCn2nc(C(O)CO)cc2C1)N1CCCCCC1. The number of aliphatic hydroxyl groups is 2. The third kappa shape index (κ3) is 3.91. The number of carbonyl (C=O) groups excluding carboxylic acids is 1. The fourth-order valence-corrected chi connectivity index (χ4v) is 3.35. The summed E-state index contributed by atoms with van der Waals surface area (Å²) in [6.45, 7) is 4.04. The van der Waals surface area contributed by atoms with Gasteiger partial charge >= 0.3 is 0 Å². The van der Waals surface area contributed by atoms with Crippen LogP contribution in [0.5, 0.6) is 0 Å². The summed E-state index contributed by atoms with van der Waals surface area (Å²) in [6.07, 6.45) is 3.74. The molecule has 1 unspecified atom stereocenters. The van der Waals surface area contributed by atoms with E-state index in [1.165, 1.54) is 12.8 Å². The van der Waals surface area contributed by atoms with Crippen LogP contribution in [0.4, 0.5) is 0 Å². The Balaban J connectivity index is 1.58. The number of hydrogen-bond donors (Lipinski definition) is 2. The average Bonchev–Trinajstić information content (AvgIpc) is 2.79. The van der Waals surface area contributed by atoms with Crippen LogP contribution in [0.25, 0.3) is 0 Å². The Hall–Kier alpha value is -1.44. The highest BCUT2D eigenvalue weighted by Crippen LogP contribution is 2.18. The van der Waals surface area contributed by atoms with Gasteiger partial charge in [0.25, 0.3) is 0 Å². The van der Waals surface area contributed by atoms with E-state index < -0.39 is 6.10 Å². The Labute approximate surface area is 136 Å². The van der Waals surface area contributed by atoms with Gasteiger partial charge in [0.15, 0.2) is 0 Å². The standard InChI is InChI=1S/C16H26N4O3/c21-12-15(22)14-9-13-10-18(7-8-20(13)17-14)11-16(23)19-5-3-1-2-4-6-19/h9,15,21-22H,1-8,10-12H2. The van der Waals surface area contributed by atoms with Crippen molar-refractivity contribution in [3.8, 4) is 0 Å². The lowest BCUT2D eigenvalue weighted by atomic mass is 10.2. The highest BCUT2D eigenvalue weighted by atomic mass is 16.3. The second-order valence-electron chi connectivity index (χ2n) is 6.49. The van der Waals surface area contributed by atoms with Crippen LogP contribution in [0.15, 0.2) is 6.07 Å². The molecule has 0 radical (unpaired) electrons. The van der Waals surface area contributed by atoms with Crippen LogP contribution in [0.1, 0.15) is 43.2 Å². The molecular weight excluding hydrogens is 296 g/mol. The van der Waals surface area contributed by atoms with Crippen LogP contribution in [-0.2, 0) is 17.9 Å². The Morgan fingerprint density at radius 1 is 1.17 bits per heavy atom. The van der Waals surface area contributed by atoms with Gasteiger partial charge in [0, 0.05) is 26.2 Å². The zero-order valence-electron chi connectivity index (χ0n) is 13.5. The number of likely N-dealkylation sites (tertiary alicyclic amines) is 1. The van der Waals surface area contributed by atoms with Gasteiger partial charge in [0.1, 0.15) is 6.10 Å². The number of hydrogen-bond acceptors (Lipinski definition) is 5. The Kier molecular flexibility index (Phi) is 5.30. The number of aliphatic hydroxyl groups excluding tert-OH is 2. The molecule has 2 aliphatic rings. The molecule has 2 aliphatic heterocycles. The molecule has 7 heteroatoms. The highest BCUT2D eigenvalue weighted by molar-refractivity contribution is 5.78. The lowest BCUT2D eigenvalue weighted by molar-refractivity contribution is -0.132. The molecule has 3 rings (SSSR count). The van der Waals surface area contributed by atoms with Crippen molar-refractivity contribution < 1.29 is 15.0 Å². The smallest absolute Gasteiger partial charge is 0.236 e. The second-order valence-corrected chi connectivity index (χ2v) is 6.49. The molecule has 7 nitrogen and oxygen atoms in total. The number of carbonyl (C=O) groups is 1. The van der Waals surface area contributed by atoms with E-state index >= 15 is 0 Å². The van der Waals surface area contributed by atoms with Crippen LogP contribution in [-0.4, -0.2) is 68.5 Å². The van der Waals surface area contributed by atoms with Crippen molar-refractivity contribution >= 4 is 5.91 Å². The fourth-order valence-electron chi connectivity index (χ4n) is 3.35. The molecule has 1 atom stereocenters. The monoisotopic (exact) mass is 322 g/mol. The molecule has 0 spiro atoms. The number of nitrogens with zero attached hydrogens (tertiary/aromatic N) is 4. The number of aromatic nitrogens is 2. The molecule has 1 amide bonds. The third-order valence-corrected chi connectivity index (χ3v) is 4.73. The summed E-state index contributed by atoms with van der Waals surface area (Å²) in [6, 6.07) is 1.82. The molecule has 2 N–H and O–H groups in total. The minimum Gasteiger partial charge on any atom is -0.393 e. The average molecular weight is 322 g/mol. The molecule has 1 aromatic heterocycles. The Morgan fingerprint density at radius 2 is 1.91 bits per heavy atom. The highest BCUT2D eigenvalue weighted by Gasteiger charge is 2.24. The summed E-state index contributed by atoms with van der Waals surface area (Å²) in [4.78, 5) is 16.6. The molecule has 1 fully saturated rings. The molecule has 0 aliphatic carbocycles. The summed E-state index contributed by atoms with van der Waals surface area (Å²) in [7, 11) is 0. The largest absolute Gasteiger partial charge is 0.393 e. The molecule has 0 saturated carbocycles. The quantitative estimate of drug-likeness (QED) is 0.823. The first-order valence-electron chi connectivity index (χ1n) is 8.53. The van der Waals surface area contributed by atoms with Gasteiger partial charge in [0.05, 0.1) is 31.1 Å². The summed E-state index contributed by atoms with van der Waals surface area (Å²) < 4.78 is 1.86. The first-order chi connectivity index (χ1) is 11.2. The molecule has 1 aromatic rings. The van der Waals surface area contributed by atoms with Crippen molar-refractivity contribution in [2.45, 2.75) is 44.9 Å². The Bertz CT molecular complexity index is 537. The van der Waals surface area contributed by atoms with E-state index in [0.717, 1.165) is 38.2 Å². The normalized spacial score (nSPS) is 20.9. The van der Waals surface area contributed by atoms with Gasteiger partial charge in [-0.15, -0.1) is 0 Å². The molecule has 128 valence electrons. The van der Waals surface area contributed by atoms with E-state index in [2.05, 4.69) is 10.00 Å². The molecule has 3 heterocycles. The van der Waals surface area contributed by atoms with Crippen molar-refractivity contribution in [2.24, 2.45) is 0 Å². The predicted octanol–water partition coefficient (Wildman–Crippen LogP) is 0.127. The molecule has 23 heavy (non-hydrogen) atoms. The fraction of sp³-hybridized carbons (Fsp3) is 0.750. The predicted molar refractivity (Wildman–Crippen MR) is 84.6 cm³/mol. The minimum atomic E-state index is -0.930. The van der Waals surface area contributed by atoms with Crippen LogP contribution < -0.4 is 0 Å². The molecular formula is C16H26N4O3. The summed E-state index contributed by atoms with van der Waals surface area (Å²) in [5.74, 6) is 0.218. The maximum atomic E-state index is 12.5. The van der Waals surface area contributed by atoms with Gasteiger partial charge in [-0.25, -0.2) is 0 Å². The van der Waals surface area contributed by atoms with E-state index in [1.54, 1.807) is 0 Å². The maximum absolute atomic E-state index is 12.5. The molecule has 0 aromatic carbocycles. The van der Waals surface area contributed by atoms with Gasteiger partial charge in [0.2, 0.25) is 5.91 Å². The van der Waals surface area contributed by atoms with E-state index in [4.69, 9.17) is 5.11 Å². The van der Waals surface area contributed by atoms with E-state index in [9.17, 15) is 9.90 Å². The van der Waals surface area contributed by atoms with Crippen molar-refractivity contribution in [1.82, 2.24) is 19.6 Å². The maximum Gasteiger partial charge on any atom is 0.236 e. The van der Waals surface area contributed by atoms with Crippen LogP contribution in [0.3, 0.4) is 0 Å². The number of fused-ring (bicyclic) bond motifs is 1. The summed E-state index contributed by atoms with van der Waals surface area (Å²) in [5, 5.41) is 23.0. The lowest BCUT2D eigenvalue weighted by Gasteiger charge is -2.29. The topological polar surface area (TPSA) is 81.8 Å². The van der Waals surface area contributed by atoms with Crippen LogP contribution >= 0.6 is 0 Å². The molecule has 1 saturated heterocycles. The molecule has 0 bridgehead atoms. The summed E-state index contributed by atoms with van der Waals surface area (Å²) >= 11 is 0. The van der Waals surface area contributed by atoms with E-state index in [1.807, 2.05) is 15.6 Å². The van der Waals surface area contributed by atoms with E-state index in [0.29, 0.717) is 25.3 Å². The van der Waals surface area contributed by atoms with Crippen molar-refractivity contribution in [2.75, 3.05) is 32.8 Å². The minimum absolute atomic E-state index is 0.218. The van der Waals surface area contributed by atoms with Crippen molar-refractivity contribution in [3.05, 3.63) is 17.5 Å². The zero-order chi connectivity index (χ0) is 16.2. The Morgan fingerprint density at radius 3 is 2.61 bits per heavy atom. The second kappa shape index (κ2) is 7.42. The number of rotatable bonds is 4. The van der Waals surface area contributed by atoms with E-state index in [-0.39, 0.29) is 12.5 Å². The third-order valence-electron chi connectivity index (χ3n) is 4.73. The van der Waals surface area contributed by atoms with Crippen LogP contribution in [0, 0.1) is 0 Å². The van der Waals surface area contributed by atoms with Crippen molar-refractivity contribution in [3.63, 3.8) is 0 Å². The first kappa shape index (κ1) is 16.4. The van der Waals surface area contributed by atoms with Gasteiger partial charge in [-0.05, 0) is 18.9 Å².